The summed E-state index contributed by atoms with van der Waals surface area (Å²) in [6.07, 6.45) is 1.14. The first-order chi connectivity index (χ1) is 19.4. The highest BCUT2D eigenvalue weighted by atomic mass is 16.5. The summed E-state index contributed by atoms with van der Waals surface area (Å²) in [5.74, 6) is 1.00. The maximum Gasteiger partial charge on any atom is 0.231 e. The molecule has 1 amide bonds. The van der Waals surface area contributed by atoms with Crippen molar-refractivity contribution in [2.24, 2.45) is 10.7 Å². The monoisotopic (exact) mass is 541 g/mol. The molecular weight excluding hydrogens is 510 g/mol. The van der Waals surface area contributed by atoms with Gasteiger partial charge in [0.25, 0.3) is 0 Å². The summed E-state index contributed by atoms with van der Waals surface area (Å²) in [6.45, 7) is 0. The maximum absolute atomic E-state index is 13.3. The van der Waals surface area contributed by atoms with Crippen LogP contribution in [0, 0.1) is 0 Å². The van der Waals surface area contributed by atoms with Crippen molar-refractivity contribution in [2.45, 2.75) is 31.7 Å². The number of tetrazole rings is 1. The van der Waals surface area contributed by atoms with Crippen LogP contribution in [0.3, 0.4) is 0 Å². The van der Waals surface area contributed by atoms with Gasteiger partial charge in [-0.15, -0.1) is 10.2 Å². The van der Waals surface area contributed by atoms with Gasteiger partial charge in [-0.25, -0.2) is 4.99 Å². The van der Waals surface area contributed by atoms with E-state index < -0.39 is 6.04 Å². The lowest BCUT2D eigenvalue weighted by atomic mass is 9.97. The fraction of sp³-hybridized carbons (Fsp3) is 0.241. The van der Waals surface area contributed by atoms with Crippen molar-refractivity contribution in [3.8, 4) is 22.9 Å². The zero-order chi connectivity index (χ0) is 28.3. The molecule has 40 heavy (non-hydrogen) atoms. The Hall–Kier alpha value is -5.06. The number of nitrogens with one attached hydrogen (secondary N) is 2. The minimum Gasteiger partial charge on any atom is -0.493 e. The van der Waals surface area contributed by atoms with Crippen molar-refractivity contribution in [1.82, 2.24) is 25.9 Å². The van der Waals surface area contributed by atoms with Gasteiger partial charge in [0.2, 0.25) is 11.7 Å². The molecule has 206 valence electrons. The van der Waals surface area contributed by atoms with Gasteiger partial charge < -0.3 is 15.2 Å². The molecule has 0 saturated carbocycles. The van der Waals surface area contributed by atoms with Crippen molar-refractivity contribution in [2.75, 3.05) is 14.2 Å². The topological polar surface area (TPSA) is 157 Å². The van der Waals surface area contributed by atoms with Crippen molar-refractivity contribution >= 4 is 17.6 Å². The molecule has 0 fully saturated rings. The predicted octanol–water partition coefficient (Wildman–Crippen LogP) is 2.67. The van der Waals surface area contributed by atoms with Gasteiger partial charge in [0.05, 0.1) is 20.6 Å². The van der Waals surface area contributed by atoms with Gasteiger partial charge in [-0.1, -0.05) is 54.6 Å². The number of amides is 1. The van der Waals surface area contributed by atoms with Crippen LogP contribution in [-0.2, 0) is 28.9 Å². The Morgan fingerprint density at radius 3 is 2.45 bits per heavy atom. The number of carbonyl (C=O) groups is 2. The molecule has 0 aliphatic heterocycles. The number of carbonyl (C=O) groups excluding carboxylic acids is 2. The summed E-state index contributed by atoms with van der Waals surface area (Å²) in [5, 5.41) is 16.6. The van der Waals surface area contributed by atoms with Crippen LogP contribution in [0.15, 0.2) is 77.8 Å². The van der Waals surface area contributed by atoms with E-state index in [1.807, 2.05) is 54.6 Å². The van der Waals surface area contributed by atoms with E-state index in [0.29, 0.717) is 35.7 Å². The van der Waals surface area contributed by atoms with E-state index in [4.69, 9.17) is 15.2 Å². The lowest BCUT2D eigenvalue weighted by Crippen LogP contribution is -2.40. The average Bonchev–Trinajstić information content (AvgIpc) is 3.51. The Morgan fingerprint density at radius 1 is 0.950 bits per heavy atom. The van der Waals surface area contributed by atoms with Crippen molar-refractivity contribution in [3.63, 3.8) is 0 Å². The Morgan fingerprint density at radius 2 is 1.73 bits per heavy atom. The first kappa shape index (κ1) is 28.0. The van der Waals surface area contributed by atoms with E-state index in [0.717, 1.165) is 16.7 Å². The largest absolute Gasteiger partial charge is 0.493 e. The molecule has 0 saturated heterocycles. The van der Waals surface area contributed by atoms with Crippen LogP contribution in [0.1, 0.15) is 23.1 Å². The standard InChI is InChI=1S/C29H31N7O4/c1-39-25-14-12-21(17-26(25)40-2)18-27(38)32-29(30)31-23(16-19-7-4-3-5-8-19)24(37)13-11-20-9-6-10-22(15-20)28-33-35-36-34-28/h3-10,12,14-15,17,23H,11,13,16,18H2,1-2H3,(H3,30,31,32,38)(H,33,34,35,36)/t23-/m1/s1. The number of rotatable bonds is 12. The van der Waals surface area contributed by atoms with Gasteiger partial charge in [-0.3, -0.25) is 14.9 Å². The van der Waals surface area contributed by atoms with E-state index in [-0.39, 0.29) is 30.5 Å². The fourth-order valence-corrected chi connectivity index (χ4v) is 4.22. The highest BCUT2D eigenvalue weighted by Crippen LogP contribution is 2.27. The van der Waals surface area contributed by atoms with Crippen molar-refractivity contribution in [1.29, 1.82) is 0 Å². The summed E-state index contributed by atoms with van der Waals surface area (Å²) in [6, 6.07) is 21.7. The molecule has 0 aliphatic carbocycles. The number of methoxy groups -OCH3 is 2. The summed E-state index contributed by atoms with van der Waals surface area (Å²) >= 11 is 0. The van der Waals surface area contributed by atoms with Gasteiger partial charge in [-0.2, -0.15) is 5.21 Å². The minimum atomic E-state index is -0.760. The number of guanidine groups is 1. The molecule has 11 nitrogen and oxygen atoms in total. The number of aromatic nitrogens is 4. The number of aliphatic imine (C=N–C) groups is 1. The number of nitrogens with zero attached hydrogens (tertiary/aromatic N) is 4. The minimum absolute atomic E-state index is 0.0462. The fourth-order valence-electron chi connectivity index (χ4n) is 4.22. The molecular formula is C29H31N7O4. The van der Waals surface area contributed by atoms with E-state index in [2.05, 4.69) is 30.9 Å². The third kappa shape index (κ3) is 7.73. The summed E-state index contributed by atoms with van der Waals surface area (Å²) in [4.78, 5) is 30.4. The Labute approximate surface area is 231 Å². The number of hydrogen-bond donors (Lipinski definition) is 3. The SMILES string of the molecule is COc1ccc(CC(=O)NC(N)=N[C@H](Cc2ccccc2)C(=O)CCc2cccc(-c3nn[nH]n3)c2)cc1OC. The zero-order valence-corrected chi connectivity index (χ0v) is 22.3. The average molecular weight is 542 g/mol. The van der Waals surface area contributed by atoms with Crippen molar-refractivity contribution < 1.29 is 19.1 Å². The third-order valence-corrected chi connectivity index (χ3v) is 6.21. The smallest absolute Gasteiger partial charge is 0.231 e. The normalized spacial score (nSPS) is 12.0. The number of ketones is 1. The van der Waals surface area contributed by atoms with Crippen molar-refractivity contribution in [3.05, 3.63) is 89.5 Å². The quantitative estimate of drug-likeness (QED) is 0.182. The van der Waals surface area contributed by atoms with Crippen LogP contribution in [0.25, 0.3) is 11.4 Å². The molecule has 0 radical (unpaired) electrons. The van der Waals surface area contributed by atoms with Crippen LogP contribution < -0.4 is 20.5 Å². The highest BCUT2D eigenvalue weighted by molar-refractivity contribution is 5.98. The molecule has 4 aromatic rings. The van der Waals surface area contributed by atoms with Gasteiger partial charge in [0, 0.05) is 18.4 Å². The maximum atomic E-state index is 13.3. The van der Waals surface area contributed by atoms with Gasteiger partial charge >= 0.3 is 0 Å². The Bertz CT molecular complexity index is 1460. The third-order valence-electron chi connectivity index (χ3n) is 6.21. The molecule has 4 N–H and O–H groups in total. The van der Waals surface area contributed by atoms with Gasteiger partial charge in [0.1, 0.15) is 6.04 Å². The van der Waals surface area contributed by atoms with Crippen LogP contribution in [0.4, 0.5) is 0 Å². The molecule has 0 spiro atoms. The number of benzene rings is 3. The molecule has 3 aromatic carbocycles. The lowest BCUT2D eigenvalue weighted by molar-refractivity contribution is -0.121. The zero-order valence-electron chi connectivity index (χ0n) is 22.3. The number of ether oxygens (including phenoxy) is 2. The first-order valence-electron chi connectivity index (χ1n) is 12.7. The lowest BCUT2D eigenvalue weighted by Gasteiger charge is -2.14. The molecule has 1 atom stereocenters. The molecule has 1 heterocycles. The van der Waals surface area contributed by atoms with Crippen LogP contribution >= 0.6 is 0 Å². The van der Waals surface area contributed by atoms with E-state index in [9.17, 15) is 9.59 Å². The second kappa shape index (κ2) is 13.7. The number of aryl methyl sites for hydroxylation is 1. The summed E-state index contributed by atoms with van der Waals surface area (Å²) < 4.78 is 10.5. The van der Waals surface area contributed by atoms with Gasteiger partial charge in [-0.05, 0) is 46.5 Å². The highest BCUT2D eigenvalue weighted by Gasteiger charge is 2.20. The molecule has 11 heteroatoms. The van der Waals surface area contributed by atoms with E-state index in [1.165, 1.54) is 7.11 Å². The second-order valence-corrected chi connectivity index (χ2v) is 9.04. The molecule has 0 bridgehead atoms. The first-order valence-corrected chi connectivity index (χ1v) is 12.7. The van der Waals surface area contributed by atoms with E-state index >= 15 is 0 Å². The molecule has 1 aromatic heterocycles. The summed E-state index contributed by atoms with van der Waals surface area (Å²) in [7, 11) is 3.07. The predicted molar refractivity (Wildman–Crippen MR) is 150 cm³/mol. The Balaban J connectivity index is 1.43. The summed E-state index contributed by atoms with van der Waals surface area (Å²) in [5.41, 5.74) is 9.51. The molecule has 0 unspecified atom stereocenters. The second-order valence-electron chi connectivity index (χ2n) is 9.04. The molecule has 4 rings (SSSR count). The van der Waals surface area contributed by atoms with Crippen LogP contribution in [0.2, 0.25) is 0 Å². The Kier molecular flexibility index (Phi) is 9.54. The number of H-pyrrole nitrogens is 1. The van der Waals surface area contributed by atoms with Crippen LogP contribution in [-0.4, -0.2) is 58.5 Å². The van der Waals surface area contributed by atoms with Crippen LogP contribution in [0.5, 0.6) is 11.5 Å². The number of nitrogens with two attached hydrogens (primary N) is 1. The van der Waals surface area contributed by atoms with E-state index in [1.54, 1.807) is 25.3 Å². The van der Waals surface area contributed by atoms with Gasteiger partial charge in [0.15, 0.2) is 23.2 Å². The number of Topliss-reactive ketones (excluding diaryl/α,β-unsaturated/α-hetero) is 1. The number of hydrogen-bond acceptors (Lipinski definition) is 8. The number of aromatic amines is 1. The molecule has 0 aliphatic rings.